The van der Waals surface area contributed by atoms with Gasteiger partial charge in [-0.05, 0) is 78.2 Å². The molecular formula is C28H21N7O8S2. The largest absolute Gasteiger partial charge is 0.508 e. The van der Waals surface area contributed by atoms with Crippen LogP contribution < -0.4 is 5.73 Å². The lowest BCUT2D eigenvalue weighted by molar-refractivity contribution is 0.472. The van der Waals surface area contributed by atoms with Gasteiger partial charge in [0.2, 0.25) is 0 Å². The van der Waals surface area contributed by atoms with E-state index in [0.29, 0.717) is 11.4 Å². The average Bonchev–Trinajstić information content (AvgIpc) is 2.99. The van der Waals surface area contributed by atoms with Gasteiger partial charge in [0.05, 0.1) is 33.8 Å². The molecule has 0 saturated heterocycles. The van der Waals surface area contributed by atoms with Crippen LogP contribution in [0, 0.1) is 0 Å². The number of hydrogen-bond donors (Lipinski definition) is 5. The van der Waals surface area contributed by atoms with E-state index in [4.69, 9.17) is 5.73 Å². The Labute approximate surface area is 255 Å². The quantitative estimate of drug-likeness (QED) is 0.0631. The summed E-state index contributed by atoms with van der Waals surface area (Å²) in [6, 6.07) is 21.8. The van der Waals surface area contributed by atoms with Gasteiger partial charge in [-0.2, -0.15) is 37.3 Å². The fourth-order valence-corrected chi connectivity index (χ4v) is 5.36. The van der Waals surface area contributed by atoms with Crippen LogP contribution >= 0.6 is 0 Å². The molecular weight excluding hydrogens is 626 g/mol. The first-order valence-corrected chi connectivity index (χ1v) is 15.5. The molecule has 5 aromatic rings. The minimum absolute atomic E-state index is 0.0833. The van der Waals surface area contributed by atoms with Crippen LogP contribution in [0.25, 0.3) is 10.8 Å². The van der Waals surface area contributed by atoms with Crippen molar-refractivity contribution >= 4 is 70.8 Å². The molecule has 0 atom stereocenters. The monoisotopic (exact) mass is 647 g/mol. The Morgan fingerprint density at radius 3 is 1.42 bits per heavy atom. The van der Waals surface area contributed by atoms with Gasteiger partial charge in [-0.15, -0.1) is 10.2 Å². The number of anilines is 1. The fourth-order valence-electron chi connectivity index (χ4n) is 4.04. The number of phenols is 2. The maximum atomic E-state index is 12.3. The van der Waals surface area contributed by atoms with Gasteiger partial charge in [-0.1, -0.05) is 18.2 Å². The van der Waals surface area contributed by atoms with E-state index in [1.54, 1.807) is 54.6 Å². The highest BCUT2D eigenvalue weighted by atomic mass is 32.2. The second-order valence-electron chi connectivity index (χ2n) is 9.23. The number of nitrogens with zero attached hydrogens (tertiary/aromatic N) is 6. The van der Waals surface area contributed by atoms with Gasteiger partial charge in [-0.3, -0.25) is 9.11 Å². The summed E-state index contributed by atoms with van der Waals surface area (Å²) in [7, 11) is -10.1. The molecule has 0 aromatic heterocycles. The van der Waals surface area contributed by atoms with Crippen LogP contribution in [0.4, 0.5) is 39.8 Å². The van der Waals surface area contributed by atoms with E-state index < -0.39 is 52.8 Å². The predicted octanol–water partition coefficient (Wildman–Crippen LogP) is 7.57. The smallest absolute Gasteiger partial charge is 0.296 e. The van der Waals surface area contributed by atoms with Gasteiger partial charge in [0.15, 0.2) is 5.75 Å². The average molecular weight is 648 g/mol. The van der Waals surface area contributed by atoms with Gasteiger partial charge in [-0.25, -0.2) is 0 Å². The summed E-state index contributed by atoms with van der Waals surface area (Å²) in [6.45, 7) is 0. The van der Waals surface area contributed by atoms with E-state index in [9.17, 15) is 36.2 Å². The first-order chi connectivity index (χ1) is 21.3. The zero-order valence-corrected chi connectivity index (χ0v) is 24.3. The zero-order chi connectivity index (χ0) is 32.4. The molecule has 0 fully saturated rings. The molecule has 0 aliphatic rings. The number of nitrogen functional groups attached to an aromatic ring is 1. The Kier molecular flexibility index (Phi) is 8.34. The number of fused-ring (bicyclic) bond motifs is 1. The molecule has 0 aliphatic heterocycles. The van der Waals surface area contributed by atoms with Gasteiger partial charge >= 0.3 is 0 Å². The summed E-state index contributed by atoms with van der Waals surface area (Å²) < 4.78 is 68.8. The van der Waals surface area contributed by atoms with Crippen LogP contribution in [0.3, 0.4) is 0 Å². The Morgan fingerprint density at radius 1 is 0.533 bits per heavy atom. The standard InChI is InChI=1S/C28H21N7O8S2/c29-25-24-16(15-23(45(41,42)43)27(28(24)37)35-32-17-4-2-1-3-5-17)14-22(44(38,39)40)26(25)34-33-19-8-6-18(7-9-19)30-31-20-10-12-21(36)13-11-20/h1-15,36-37H,29H2,(H,38,39,40)(H,41,42,43). The molecule has 45 heavy (non-hydrogen) atoms. The lowest BCUT2D eigenvalue weighted by Gasteiger charge is -2.14. The van der Waals surface area contributed by atoms with Gasteiger partial charge in [0.25, 0.3) is 20.2 Å². The summed E-state index contributed by atoms with van der Waals surface area (Å²) in [4.78, 5) is -1.75. The lowest BCUT2D eigenvalue weighted by Crippen LogP contribution is -2.03. The van der Waals surface area contributed by atoms with Crippen LogP contribution in [0.5, 0.6) is 11.5 Å². The van der Waals surface area contributed by atoms with E-state index in [0.717, 1.165) is 12.1 Å². The molecule has 5 aromatic carbocycles. The molecule has 15 nitrogen and oxygen atoms in total. The summed E-state index contributed by atoms with van der Waals surface area (Å²) in [5.74, 6) is -0.779. The van der Waals surface area contributed by atoms with Crippen LogP contribution in [-0.4, -0.2) is 36.2 Å². The molecule has 0 radical (unpaired) electrons. The molecule has 0 aliphatic carbocycles. The molecule has 0 heterocycles. The van der Waals surface area contributed by atoms with Crippen molar-refractivity contribution in [3.63, 3.8) is 0 Å². The molecule has 0 unspecified atom stereocenters. The molecule has 0 amide bonds. The van der Waals surface area contributed by atoms with Crippen molar-refractivity contribution in [2.75, 3.05) is 5.73 Å². The molecule has 0 bridgehead atoms. The van der Waals surface area contributed by atoms with Crippen molar-refractivity contribution in [3.8, 4) is 11.5 Å². The molecule has 0 spiro atoms. The number of azo groups is 3. The molecule has 228 valence electrons. The SMILES string of the molecule is Nc1c(N=Nc2ccc(N=Nc3ccc(O)cc3)cc2)c(S(=O)(=O)O)cc2cc(S(=O)(=O)O)c(N=Nc3ccccc3)c(O)c12. The van der Waals surface area contributed by atoms with Crippen molar-refractivity contribution in [2.45, 2.75) is 9.79 Å². The normalized spacial score (nSPS) is 12.6. The van der Waals surface area contributed by atoms with Crippen LogP contribution in [0.1, 0.15) is 0 Å². The Hall–Kier alpha value is -5.62. The molecule has 6 N–H and O–H groups in total. The van der Waals surface area contributed by atoms with Crippen molar-refractivity contribution in [2.24, 2.45) is 30.7 Å². The molecule has 5 rings (SSSR count). The van der Waals surface area contributed by atoms with Crippen LogP contribution in [0.2, 0.25) is 0 Å². The highest BCUT2D eigenvalue weighted by molar-refractivity contribution is 7.86. The summed E-state index contributed by atoms with van der Waals surface area (Å²) >= 11 is 0. The number of phenolic OH excluding ortho intramolecular Hbond substituents is 2. The third kappa shape index (κ3) is 6.97. The van der Waals surface area contributed by atoms with Crippen LogP contribution in [0.15, 0.2) is 131 Å². The van der Waals surface area contributed by atoms with Gasteiger partial charge in [0.1, 0.15) is 26.9 Å². The third-order valence-corrected chi connectivity index (χ3v) is 7.87. The maximum Gasteiger partial charge on any atom is 0.296 e. The van der Waals surface area contributed by atoms with E-state index in [-0.39, 0.29) is 27.9 Å². The molecule has 0 saturated carbocycles. The van der Waals surface area contributed by atoms with Crippen LogP contribution in [-0.2, 0) is 20.2 Å². The number of aromatic hydroxyl groups is 2. The van der Waals surface area contributed by atoms with Crippen molar-refractivity contribution in [3.05, 3.63) is 91.0 Å². The van der Waals surface area contributed by atoms with Crippen molar-refractivity contribution < 1.29 is 36.2 Å². The third-order valence-electron chi connectivity index (χ3n) is 6.14. The van der Waals surface area contributed by atoms with E-state index >= 15 is 0 Å². The minimum atomic E-state index is -5.03. The summed E-state index contributed by atoms with van der Waals surface area (Å²) in [5.41, 5.74) is 5.91. The summed E-state index contributed by atoms with van der Waals surface area (Å²) in [6.07, 6.45) is 0. The lowest BCUT2D eigenvalue weighted by atomic mass is 10.1. The summed E-state index contributed by atoms with van der Waals surface area (Å²) in [5, 5.41) is 43.6. The zero-order valence-electron chi connectivity index (χ0n) is 22.7. The molecule has 17 heteroatoms. The first-order valence-electron chi connectivity index (χ1n) is 12.6. The first kappa shape index (κ1) is 30.8. The number of hydrogen-bond acceptors (Lipinski definition) is 13. The van der Waals surface area contributed by atoms with E-state index in [1.165, 1.54) is 24.3 Å². The fraction of sp³-hybridized carbons (Fsp3) is 0. The Balaban J connectivity index is 1.59. The van der Waals surface area contributed by atoms with Crippen molar-refractivity contribution in [1.29, 1.82) is 0 Å². The second-order valence-corrected chi connectivity index (χ2v) is 12.0. The maximum absolute atomic E-state index is 12.3. The Bertz CT molecular complexity index is 2220. The highest BCUT2D eigenvalue weighted by Gasteiger charge is 2.28. The van der Waals surface area contributed by atoms with Gasteiger partial charge in [0, 0.05) is 0 Å². The number of rotatable bonds is 8. The number of nitrogens with two attached hydrogens (primary N) is 1. The second kappa shape index (κ2) is 12.2. The minimum Gasteiger partial charge on any atom is -0.508 e. The Morgan fingerprint density at radius 2 is 0.933 bits per heavy atom. The van der Waals surface area contributed by atoms with Crippen molar-refractivity contribution in [1.82, 2.24) is 0 Å². The van der Waals surface area contributed by atoms with E-state index in [1.807, 2.05) is 0 Å². The number of benzene rings is 5. The predicted molar refractivity (Wildman–Crippen MR) is 163 cm³/mol. The highest BCUT2D eigenvalue weighted by Crippen LogP contribution is 2.48. The topological polar surface area (TPSA) is 249 Å². The van der Waals surface area contributed by atoms with E-state index in [2.05, 4.69) is 30.7 Å². The van der Waals surface area contributed by atoms with Gasteiger partial charge < -0.3 is 15.9 Å².